The van der Waals surface area contributed by atoms with E-state index in [1.807, 2.05) is 61.7 Å². The van der Waals surface area contributed by atoms with Gasteiger partial charge in [0, 0.05) is 14.8 Å². The van der Waals surface area contributed by atoms with Crippen molar-refractivity contribution in [2.24, 2.45) is 0 Å². The summed E-state index contributed by atoms with van der Waals surface area (Å²) >= 11 is 9.08. The van der Waals surface area contributed by atoms with Crippen LogP contribution in [-0.4, -0.2) is 17.4 Å². The molecule has 0 heterocycles. The molecule has 0 unspecified atom stereocenters. The van der Waals surface area contributed by atoms with Crippen LogP contribution in [0, 0.1) is 0 Å². The Hall–Kier alpha value is -1.10. The van der Waals surface area contributed by atoms with E-state index in [1.165, 1.54) is 0 Å². The Morgan fingerprint density at radius 2 is 1.86 bits per heavy atom. The Bertz CT molecular complexity index is 631. The molecule has 2 aromatic carbocycles. The van der Waals surface area contributed by atoms with Gasteiger partial charge in [-0.15, -0.1) is 23.5 Å². The second-order valence-corrected chi connectivity index (χ2v) is 7.22. The summed E-state index contributed by atoms with van der Waals surface area (Å²) in [5, 5.41) is 3.61. The third kappa shape index (κ3) is 4.70. The van der Waals surface area contributed by atoms with Crippen molar-refractivity contribution in [3.63, 3.8) is 0 Å². The molecule has 0 saturated carbocycles. The fourth-order valence-electron chi connectivity index (χ4n) is 1.96. The molecule has 2 rings (SSSR count). The molecule has 0 saturated heterocycles. The summed E-state index contributed by atoms with van der Waals surface area (Å²) in [5.41, 5.74) is 0.871. The van der Waals surface area contributed by atoms with Crippen molar-refractivity contribution in [1.29, 1.82) is 0 Å². The molecule has 22 heavy (non-hydrogen) atoms. The average molecular weight is 352 g/mol. The third-order valence-corrected chi connectivity index (χ3v) is 5.54. The second kappa shape index (κ2) is 8.51. The van der Waals surface area contributed by atoms with Crippen LogP contribution in [0.15, 0.2) is 58.3 Å². The Kier molecular flexibility index (Phi) is 6.68. The van der Waals surface area contributed by atoms with Crippen LogP contribution in [-0.2, 0) is 4.79 Å². The minimum absolute atomic E-state index is 0.0314. The lowest BCUT2D eigenvalue weighted by molar-refractivity contribution is -0.115. The molecular weight excluding hydrogens is 334 g/mol. The lowest BCUT2D eigenvalue weighted by atomic mass is 10.2. The first-order valence-corrected chi connectivity index (χ1v) is 9.48. The number of halogens is 1. The Morgan fingerprint density at radius 3 is 2.50 bits per heavy atom. The summed E-state index contributed by atoms with van der Waals surface area (Å²) in [6.45, 7) is 2.02. The standard InChI is InChI=1S/C17H18ClNOS2/c1-3-15(22-13-10-8-12(18)9-11-13)17(20)19-14-6-4-5-7-16(14)21-2/h4-11,15H,3H2,1-2H3,(H,19,20)/t15-/m0/s1. The molecule has 5 heteroatoms. The van der Waals surface area contributed by atoms with Gasteiger partial charge in [-0.2, -0.15) is 0 Å². The molecule has 0 aliphatic carbocycles. The zero-order chi connectivity index (χ0) is 15.9. The van der Waals surface area contributed by atoms with E-state index >= 15 is 0 Å². The predicted octanol–water partition coefficient (Wildman–Crippen LogP) is 5.57. The van der Waals surface area contributed by atoms with E-state index in [0.29, 0.717) is 5.02 Å². The number of carbonyl (C=O) groups excluding carboxylic acids is 1. The zero-order valence-electron chi connectivity index (χ0n) is 12.5. The Labute approximate surface area is 145 Å². The number of hydrogen-bond donors (Lipinski definition) is 1. The van der Waals surface area contributed by atoms with Gasteiger partial charge >= 0.3 is 0 Å². The van der Waals surface area contributed by atoms with Crippen LogP contribution in [0.5, 0.6) is 0 Å². The third-order valence-electron chi connectivity index (χ3n) is 3.12. The molecule has 0 aliphatic heterocycles. The van der Waals surface area contributed by atoms with Crippen molar-refractivity contribution in [3.8, 4) is 0 Å². The maximum atomic E-state index is 12.5. The molecule has 1 amide bonds. The van der Waals surface area contributed by atoms with E-state index in [4.69, 9.17) is 11.6 Å². The number of carbonyl (C=O) groups is 1. The highest BCUT2D eigenvalue weighted by Crippen LogP contribution is 2.29. The molecule has 1 atom stereocenters. The average Bonchev–Trinajstić information content (AvgIpc) is 2.54. The number of benzene rings is 2. The Morgan fingerprint density at radius 1 is 1.18 bits per heavy atom. The summed E-state index contributed by atoms with van der Waals surface area (Å²) in [5.74, 6) is 0.0314. The van der Waals surface area contributed by atoms with Crippen molar-refractivity contribution in [3.05, 3.63) is 53.6 Å². The van der Waals surface area contributed by atoms with E-state index in [9.17, 15) is 4.79 Å². The molecule has 0 radical (unpaired) electrons. The minimum atomic E-state index is -0.129. The molecule has 0 spiro atoms. The fourth-order valence-corrected chi connectivity index (χ4v) is 3.59. The number of nitrogens with one attached hydrogen (secondary N) is 1. The summed E-state index contributed by atoms with van der Waals surface area (Å²) < 4.78 is 0. The number of anilines is 1. The van der Waals surface area contributed by atoms with Gasteiger partial charge in [-0.3, -0.25) is 4.79 Å². The van der Waals surface area contributed by atoms with Crippen LogP contribution >= 0.6 is 35.1 Å². The molecule has 2 nitrogen and oxygen atoms in total. The van der Waals surface area contributed by atoms with Crippen molar-refractivity contribution in [2.75, 3.05) is 11.6 Å². The number of amides is 1. The molecule has 0 aromatic heterocycles. The van der Waals surface area contributed by atoms with Crippen molar-refractivity contribution >= 4 is 46.7 Å². The van der Waals surface area contributed by atoms with Gasteiger partial charge in [0.15, 0.2) is 0 Å². The van der Waals surface area contributed by atoms with Gasteiger partial charge in [-0.05, 0) is 49.1 Å². The first-order valence-electron chi connectivity index (χ1n) is 7.00. The molecule has 0 bridgehead atoms. The van der Waals surface area contributed by atoms with Crippen LogP contribution in [0.25, 0.3) is 0 Å². The summed E-state index contributed by atoms with van der Waals surface area (Å²) in [6.07, 6.45) is 2.77. The zero-order valence-corrected chi connectivity index (χ0v) is 14.9. The van der Waals surface area contributed by atoms with Crippen molar-refractivity contribution in [2.45, 2.75) is 28.4 Å². The maximum Gasteiger partial charge on any atom is 0.237 e. The van der Waals surface area contributed by atoms with Gasteiger partial charge < -0.3 is 5.32 Å². The summed E-state index contributed by atoms with van der Waals surface area (Å²) in [4.78, 5) is 14.6. The normalized spacial score (nSPS) is 12.0. The number of hydrogen-bond acceptors (Lipinski definition) is 3. The van der Waals surface area contributed by atoms with Crippen LogP contribution < -0.4 is 5.32 Å². The SMILES string of the molecule is CC[C@H](Sc1ccc(Cl)cc1)C(=O)Nc1ccccc1SC. The van der Waals surface area contributed by atoms with Crippen LogP contribution in [0.1, 0.15) is 13.3 Å². The highest BCUT2D eigenvalue weighted by molar-refractivity contribution is 8.00. The van der Waals surface area contributed by atoms with Gasteiger partial charge in [0.1, 0.15) is 0 Å². The van der Waals surface area contributed by atoms with E-state index in [0.717, 1.165) is 21.9 Å². The van der Waals surface area contributed by atoms with Gasteiger partial charge in [-0.1, -0.05) is 30.7 Å². The minimum Gasteiger partial charge on any atom is -0.324 e. The molecular formula is C17H18ClNOS2. The van der Waals surface area contributed by atoms with E-state index < -0.39 is 0 Å². The highest BCUT2D eigenvalue weighted by atomic mass is 35.5. The largest absolute Gasteiger partial charge is 0.324 e. The Balaban J connectivity index is 2.07. The second-order valence-electron chi connectivity index (χ2n) is 4.66. The molecule has 2 aromatic rings. The van der Waals surface area contributed by atoms with Crippen molar-refractivity contribution < 1.29 is 4.79 Å². The molecule has 0 aliphatic rings. The van der Waals surface area contributed by atoms with Gasteiger partial charge in [0.05, 0.1) is 10.9 Å². The van der Waals surface area contributed by atoms with Crippen LogP contribution in [0.4, 0.5) is 5.69 Å². The highest BCUT2D eigenvalue weighted by Gasteiger charge is 2.18. The van der Waals surface area contributed by atoms with Crippen LogP contribution in [0.3, 0.4) is 0 Å². The van der Waals surface area contributed by atoms with E-state index in [2.05, 4.69) is 5.32 Å². The number of para-hydroxylation sites is 1. The van der Waals surface area contributed by atoms with E-state index in [-0.39, 0.29) is 11.2 Å². The van der Waals surface area contributed by atoms with Gasteiger partial charge in [0.2, 0.25) is 5.91 Å². The van der Waals surface area contributed by atoms with Crippen LogP contribution in [0.2, 0.25) is 5.02 Å². The first-order chi connectivity index (χ1) is 10.6. The summed E-state index contributed by atoms with van der Waals surface area (Å²) in [7, 11) is 0. The van der Waals surface area contributed by atoms with Crippen molar-refractivity contribution in [1.82, 2.24) is 0 Å². The quantitative estimate of drug-likeness (QED) is 0.689. The monoisotopic (exact) mass is 351 g/mol. The smallest absolute Gasteiger partial charge is 0.237 e. The number of rotatable bonds is 6. The molecule has 116 valence electrons. The van der Waals surface area contributed by atoms with E-state index in [1.54, 1.807) is 23.5 Å². The maximum absolute atomic E-state index is 12.5. The van der Waals surface area contributed by atoms with Gasteiger partial charge in [0.25, 0.3) is 0 Å². The molecule has 1 N–H and O–H groups in total. The summed E-state index contributed by atoms with van der Waals surface area (Å²) in [6, 6.07) is 15.4. The number of thioether (sulfide) groups is 2. The fraction of sp³-hybridized carbons (Fsp3) is 0.235. The predicted molar refractivity (Wildman–Crippen MR) is 98.2 cm³/mol. The molecule has 0 fully saturated rings. The first kappa shape index (κ1) is 17.3. The topological polar surface area (TPSA) is 29.1 Å². The lowest BCUT2D eigenvalue weighted by Gasteiger charge is -2.16. The van der Waals surface area contributed by atoms with Gasteiger partial charge in [-0.25, -0.2) is 0 Å². The lowest BCUT2D eigenvalue weighted by Crippen LogP contribution is -2.24.